The quantitative estimate of drug-likeness (QED) is 0.680. The lowest BCUT2D eigenvalue weighted by molar-refractivity contribution is -0.117. The Hall–Kier alpha value is -3.99. The third kappa shape index (κ3) is 2.89. The van der Waals surface area contributed by atoms with Crippen LogP contribution >= 0.6 is 0 Å². The van der Waals surface area contributed by atoms with Gasteiger partial charge in [-0.05, 0) is 79.1 Å². The van der Waals surface area contributed by atoms with Gasteiger partial charge in [-0.25, -0.2) is 4.79 Å². The Bertz CT molecular complexity index is 1410. The molecule has 8 nitrogen and oxygen atoms in total. The van der Waals surface area contributed by atoms with Crippen LogP contribution in [0.1, 0.15) is 46.4 Å². The van der Waals surface area contributed by atoms with Gasteiger partial charge in [0, 0.05) is 5.69 Å². The molecule has 154 valence electrons. The molecule has 8 heteroatoms. The van der Waals surface area contributed by atoms with Gasteiger partial charge in [0.05, 0.1) is 11.1 Å². The molecule has 1 saturated carbocycles. The summed E-state index contributed by atoms with van der Waals surface area (Å²) in [5, 5.41) is 15.9. The molecule has 31 heavy (non-hydrogen) atoms. The number of anilines is 1. The van der Waals surface area contributed by atoms with Crippen molar-refractivity contribution >= 4 is 11.6 Å². The summed E-state index contributed by atoms with van der Waals surface area (Å²) in [4.78, 5) is 38.2. The number of carbonyl (C=O) groups is 1. The fraction of sp³-hybridized carbons (Fsp3) is 0.261. The molecule has 2 aliphatic rings. The number of fused-ring (bicyclic) bond motifs is 2. The number of amides is 1. The molecule has 2 aromatic carbocycles. The van der Waals surface area contributed by atoms with E-state index < -0.39 is 11.2 Å². The Balaban J connectivity index is 1.52. The van der Waals surface area contributed by atoms with Crippen LogP contribution < -0.4 is 16.6 Å². The summed E-state index contributed by atoms with van der Waals surface area (Å²) < 4.78 is 1.03. The number of hydrogen-bond acceptors (Lipinski definition) is 5. The fourth-order valence-electron chi connectivity index (χ4n) is 4.42. The topological polar surface area (TPSA) is 121 Å². The van der Waals surface area contributed by atoms with Crippen molar-refractivity contribution in [1.29, 1.82) is 5.26 Å². The van der Waals surface area contributed by atoms with Crippen LogP contribution in [0.15, 0.2) is 39.9 Å². The number of aromatic amines is 1. The van der Waals surface area contributed by atoms with Crippen molar-refractivity contribution in [3.05, 3.63) is 84.7 Å². The van der Waals surface area contributed by atoms with Crippen molar-refractivity contribution in [3.8, 4) is 11.8 Å². The van der Waals surface area contributed by atoms with Gasteiger partial charge in [-0.2, -0.15) is 9.94 Å². The van der Waals surface area contributed by atoms with Crippen LogP contribution in [-0.4, -0.2) is 20.7 Å². The van der Waals surface area contributed by atoms with Gasteiger partial charge in [-0.3, -0.25) is 14.6 Å². The molecule has 1 aromatic heterocycles. The summed E-state index contributed by atoms with van der Waals surface area (Å²) >= 11 is 0. The van der Waals surface area contributed by atoms with Gasteiger partial charge in [0.1, 0.15) is 6.07 Å². The highest BCUT2D eigenvalue weighted by Gasteiger charge is 2.56. The number of benzene rings is 2. The summed E-state index contributed by atoms with van der Waals surface area (Å²) in [5.74, 6) is 0.104. The maximum Gasteiger partial charge on any atom is 0.349 e. The van der Waals surface area contributed by atoms with E-state index in [-0.39, 0.29) is 17.0 Å². The number of nitrogens with one attached hydrogen (secondary N) is 2. The SMILES string of the molecule is Cc1cc(-n2nc(C#N)c(=O)[nH]c2=O)cc(C)c1Cc1ccc2c(c1)C1(CC1)C(=O)N2. The number of hydrogen-bond donors (Lipinski definition) is 2. The van der Waals surface area contributed by atoms with E-state index in [1.165, 1.54) is 0 Å². The van der Waals surface area contributed by atoms with Gasteiger partial charge >= 0.3 is 5.69 Å². The highest BCUT2D eigenvalue weighted by atomic mass is 16.2. The van der Waals surface area contributed by atoms with Gasteiger partial charge in [0.25, 0.3) is 5.56 Å². The zero-order chi connectivity index (χ0) is 21.9. The lowest BCUT2D eigenvalue weighted by atomic mass is 9.91. The Kier molecular flexibility index (Phi) is 3.99. The Morgan fingerprint density at radius 2 is 1.84 bits per heavy atom. The normalized spacial score (nSPS) is 15.5. The van der Waals surface area contributed by atoms with Crippen molar-refractivity contribution in [3.63, 3.8) is 0 Å². The average Bonchev–Trinajstić information content (AvgIpc) is 3.48. The van der Waals surface area contributed by atoms with E-state index in [0.717, 1.165) is 51.0 Å². The first kappa shape index (κ1) is 19.0. The van der Waals surface area contributed by atoms with Crippen LogP contribution in [0.4, 0.5) is 5.69 Å². The van der Waals surface area contributed by atoms with Crippen molar-refractivity contribution in [2.24, 2.45) is 0 Å². The van der Waals surface area contributed by atoms with Crippen LogP contribution in [0, 0.1) is 25.2 Å². The molecule has 2 heterocycles. The zero-order valence-corrected chi connectivity index (χ0v) is 17.1. The zero-order valence-electron chi connectivity index (χ0n) is 17.1. The molecular formula is C23H19N5O3. The van der Waals surface area contributed by atoms with E-state index in [9.17, 15) is 14.4 Å². The van der Waals surface area contributed by atoms with Crippen LogP contribution in [0.5, 0.6) is 0 Å². The lowest BCUT2D eigenvalue weighted by Gasteiger charge is -2.14. The van der Waals surface area contributed by atoms with Crippen LogP contribution in [-0.2, 0) is 16.6 Å². The lowest BCUT2D eigenvalue weighted by Crippen LogP contribution is -2.33. The maximum atomic E-state index is 12.3. The summed E-state index contributed by atoms with van der Waals surface area (Å²) in [6, 6.07) is 11.5. The summed E-state index contributed by atoms with van der Waals surface area (Å²) in [7, 11) is 0. The van der Waals surface area contributed by atoms with E-state index in [1.807, 2.05) is 38.1 Å². The molecule has 0 saturated heterocycles. The molecule has 1 spiro atoms. The number of H-pyrrole nitrogens is 1. The molecule has 0 unspecified atom stereocenters. The monoisotopic (exact) mass is 413 g/mol. The largest absolute Gasteiger partial charge is 0.349 e. The average molecular weight is 413 g/mol. The Labute approximate surface area is 177 Å². The van der Waals surface area contributed by atoms with Gasteiger partial charge in [-0.15, -0.1) is 5.10 Å². The minimum absolute atomic E-state index is 0.104. The number of rotatable bonds is 3. The first-order valence-electron chi connectivity index (χ1n) is 10.0. The molecular weight excluding hydrogens is 394 g/mol. The minimum atomic E-state index is -0.799. The van der Waals surface area contributed by atoms with Crippen molar-refractivity contribution < 1.29 is 4.79 Å². The molecule has 1 aliphatic heterocycles. The van der Waals surface area contributed by atoms with Crippen molar-refractivity contribution in [2.45, 2.75) is 38.5 Å². The molecule has 2 N–H and O–H groups in total. The standard InChI is InChI=1S/C23H19N5O3/c1-12-7-15(28-22(31)26-20(29)19(11-24)27-28)8-13(2)16(12)9-14-3-4-18-17(10-14)23(5-6-23)21(30)25-18/h3-4,7-8,10H,5-6,9H2,1-2H3,(H,25,30)(H,26,29,31). The molecule has 1 aliphatic carbocycles. The van der Waals surface area contributed by atoms with Crippen LogP contribution in [0.3, 0.4) is 0 Å². The highest BCUT2D eigenvalue weighted by molar-refractivity contribution is 6.08. The smallest absolute Gasteiger partial charge is 0.325 e. The van der Waals surface area contributed by atoms with E-state index in [0.29, 0.717) is 12.1 Å². The third-order valence-electron chi connectivity index (χ3n) is 6.27. The number of nitriles is 1. The number of aromatic nitrogens is 3. The second-order valence-corrected chi connectivity index (χ2v) is 8.28. The second-order valence-electron chi connectivity index (χ2n) is 8.28. The van der Waals surface area contributed by atoms with E-state index >= 15 is 0 Å². The predicted molar refractivity (Wildman–Crippen MR) is 113 cm³/mol. The van der Waals surface area contributed by atoms with Crippen LogP contribution in [0.2, 0.25) is 0 Å². The summed E-state index contributed by atoms with van der Waals surface area (Å²) in [5.41, 5.74) is 4.46. The Morgan fingerprint density at radius 3 is 2.48 bits per heavy atom. The maximum absolute atomic E-state index is 12.3. The minimum Gasteiger partial charge on any atom is -0.325 e. The fourth-order valence-corrected chi connectivity index (χ4v) is 4.42. The van der Waals surface area contributed by atoms with Crippen LogP contribution in [0.25, 0.3) is 5.69 Å². The third-order valence-corrected chi connectivity index (χ3v) is 6.27. The predicted octanol–water partition coefficient (Wildman–Crippen LogP) is 1.98. The summed E-state index contributed by atoms with van der Waals surface area (Å²) in [6.07, 6.45) is 2.48. The number of aryl methyl sites for hydroxylation is 2. The van der Waals surface area contributed by atoms with Gasteiger partial charge in [0.2, 0.25) is 11.6 Å². The first-order chi connectivity index (χ1) is 14.8. The first-order valence-corrected chi connectivity index (χ1v) is 10.0. The van der Waals surface area contributed by atoms with E-state index in [1.54, 1.807) is 6.07 Å². The second kappa shape index (κ2) is 6.51. The molecule has 3 aromatic rings. The van der Waals surface area contributed by atoms with Gasteiger partial charge in [0.15, 0.2) is 0 Å². The number of carbonyl (C=O) groups excluding carboxylic acids is 1. The summed E-state index contributed by atoms with van der Waals surface area (Å²) in [6.45, 7) is 3.91. The molecule has 0 atom stereocenters. The van der Waals surface area contributed by atoms with E-state index in [4.69, 9.17) is 5.26 Å². The van der Waals surface area contributed by atoms with Crippen molar-refractivity contribution in [2.75, 3.05) is 5.32 Å². The van der Waals surface area contributed by atoms with Gasteiger partial charge < -0.3 is 5.32 Å². The number of nitrogens with zero attached hydrogens (tertiary/aromatic N) is 3. The molecule has 5 rings (SSSR count). The van der Waals surface area contributed by atoms with Crippen molar-refractivity contribution in [1.82, 2.24) is 14.8 Å². The Morgan fingerprint density at radius 1 is 1.13 bits per heavy atom. The highest BCUT2D eigenvalue weighted by Crippen LogP contribution is 2.55. The molecule has 1 fully saturated rings. The molecule has 0 radical (unpaired) electrons. The van der Waals surface area contributed by atoms with Gasteiger partial charge in [-0.1, -0.05) is 12.1 Å². The van der Waals surface area contributed by atoms with E-state index in [2.05, 4.69) is 21.5 Å². The molecule has 0 bridgehead atoms. The molecule has 1 amide bonds.